The van der Waals surface area contributed by atoms with Crippen molar-refractivity contribution in [3.63, 3.8) is 0 Å². The number of carbonyl (C=O) groups excluding carboxylic acids is 1. The van der Waals surface area contributed by atoms with Crippen molar-refractivity contribution >= 4 is 24.9 Å². The zero-order valence-corrected chi connectivity index (χ0v) is 10.7. The molecule has 0 N–H and O–H groups in total. The van der Waals surface area contributed by atoms with E-state index in [2.05, 4.69) is 0 Å². The minimum Gasteiger partial charge on any atom is -0.314 e. The molecule has 0 bridgehead atoms. The third kappa shape index (κ3) is 1.75. The molecule has 0 saturated heterocycles. The first kappa shape index (κ1) is 12.8. The SMILES string of the molecule is CC.[B]c1ccc2c(c1)N(C)C(=O)C2(C)C. The molecule has 1 aromatic carbocycles. The van der Waals surface area contributed by atoms with Crippen molar-refractivity contribution in [2.75, 3.05) is 11.9 Å². The number of nitrogens with zero attached hydrogens (tertiary/aromatic N) is 1. The molecule has 0 aliphatic carbocycles. The van der Waals surface area contributed by atoms with Gasteiger partial charge in [0.25, 0.3) is 0 Å². The number of amides is 1. The maximum absolute atomic E-state index is 11.9. The van der Waals surface area contributed by atoms with Crippen molar-refractivity contribution in [2.24, 2.45) is 0 Å². The van der Waals surface area contributed by atoms with Crippen LogP contribution in [-0.4, -0.2) is 20.8 Å². The number of hydrogen-bond donors (Lipinski definition) is 0. The smallest absolute Gasteiger partial charge is 0.236 e. The molecule has 0 spiro atoms. The Morgan fingerprint density at radius 1 is 1.25 bits per heavy atom. The van der Waals surface area contributed by atoms with E-state index < -0.39 is 5.41 Å². The van der Waals surface area contributed by atoms with Gasteiger partial charge < -0.3 is 4.90 Å². The van der Waals surface area contributed by atoms with Gasteiger partial charge >= 0.3 is 0 Å². The van der Waals surface area contributed by atoms with Crippen LogP contribution >= 0.6 is 0 Å². The van der Waals surface area contributed by atoms with Crippen LogP contribution in [0.25, 0.3) is 0 Å². The van der Waals surface area contributed by atoms with Crippen molar-refractivity contribution in [2.45, 2.75) is 33.1 Å². The number of benzene rings is 1. The van der Waals surface area contributed by atoms with Crippen LogP contribution in [0.15, 0.2) is 18.2 Å². The van der Waals surface area contributed by atoms with E-state index >= 15 is 0 Å². The molecule has 0 aromatic heterocycles. The Morgan fingerprint density at radius 2 is 1.81 bits per heavy atom. The number of carbonyl (C=O) groups is 1. The second kappa shape index (κ2) is 4.32. The summed E-state index contributed by atoms with van der Waals surface area (Å²) in [6.45, 7) is 7.88. The van der Waals surface area contributed by atoms with Crippen molar-refractivity contribution in [3.8, 4) is 0 Å². The quantitative estimate of drug-likeness (QED) is 0.604. The molecule has 0 unspecified atom stereocenters. The molecular weight excluding hydrogens is 197 g/mol. The van der Waals surface area contributed by atoms with Crippen LogP contribution in [0.4, 0.5) is 5.69 Å². The monoisotopic (exact) mass is 215 g/mol. The van der Waals surface area contributed by atoms with Crippen LogP contribution in [0.3, 0.4) is 0 Å². The van der Waals surface area contributed by atoms with Crippen LogP contribution in [0.5, 0.6) is 0 Å². The summed E-state index contributed by atoms with van der Waals surface area (Å²) >= 11 is 0. The lowest BCUT2D eigenvalue weighted by atomic mass is 9.84. The summed E-state index contributed by atoms with van der Waals surface area (Å²) < 4.78 is 0. The standard InChI is InChI=1S/C11H12BNO.C2H6/c1-11(2)8-5-4-7(12)6-9(8)13(3)10(11)14;1-2/h4-6H,1-3H3;1-2H3. The number of fused-ring (bicyclic) bond motifs is 1. The summed E-state index contributed by atoms with van der Waals surface area (Å²) in [7, 11) is 7.48. The first-order valence-electron chi connectivity index (χ1n) is 5.63. The lowest BCUT2D eigenvalue weighted by Crippen LogP contribution is -2.33. The van der Waals surface area contributed by atoms with Gasteiger partial charge in [-0.2, -0.15) is 0 Å². The van der Waals surface area contributed by atoms with Crippen molar-refractivity contribution in [1.82, 2.24) is 0 Å². The van der Waals surface area contributed by atoms with Gasteiger partial charge in [0.1, 0.15) is 7.85 Å². The Balaban J connectivity index is 0.000000606. The fraction of sp³-hybridized carbons (Fsp3) is 0.462. The van der Waals surface area contributed by atoms with E-state index in [0.717, 1.165) is 11.3 Å². The van der Waals surface area contributed by atoms with Gasteiger partial charge in [0, 0.05) is 12.7 Å². The Hall–Kier alpha value is -1.25. The zero-order chi connectivity index (χ0) is 12.5. The van der Waals surface area contributed by atoms with Gasteiger partial charge in [-0.05, 0) is 25.5 Å². The van der Waals surface area contributed by atoms with E-state index in [1.165, 1.54) is 0 Å². The van der Waals surface area contributed by atoms with Crippen LogP contribution in [0, 0.1) is 0 Å². The highest BCUT2D eigenvalue weighted by molar-refractivity contribution is 6.33. The summed E-state index contributed by atoms with van der Waals surface area (Å²) in [5, 5.41) is 0. The molecule has 2 nitrogen and oxygen atoms in total. The molecule has 1 aliphatic heterocycles. The number of rotatable bonds is 0. The number of likely N-dealkylation sites (N-methyl/N-ethyl adjacent to an activating group) is 1. The molecular formula is C13H18BNO. The Bertz CT molecular complexity index is 412. The van der Waals surface area contributed by atoms with Gasteiger partial charge in [-0.15, -0.1) is 0 Å². The van der Waals surface area contributed by atoms with E-state index in [0.29, 0.717) is 5.46 Å². The maximum Gasteiger partial charge on any atom is 0.236 e. The minimum atomic E-state index is -0.419. The first-order valence-corrected chi connectivity index (χ1v) is 5.63. The molecule has 16 heavy (non-hydrogen) atoms. The zero-order valence-electron chi connectivity index (χ0n) is 10.7. The Kier molecular flexibility index (Phi) is 3.46. The van der Waals surface area contributed by atoms with Gasteiger partial charge in [0.2, 0.25) is 5.91 Å². The van der Waals surface area contributed by atoms with Crippen molar-refractivity contribution in [1.29, 1.82) is 0 Å². The van der Waals surface area contributed by atoms with Gasteiger partial charge in [0.15, 0.2) is 0 Å². The molecule has 84 valence electrons. The average molecular weight is 215 g/mol. The van der Waals surface area contributed by atoms with Gasteiger partial charge in [-0.25, -0.2) is 0 Å². The molecule has 2 radical (unpaired) electrons. The third-order valence-electron chi connectivity index (χ3n) is 2.90. The normalized spacial score (nSPS) is 16.6. The molecule has 1 amide bonds. The molecule has 2 rings (SSSR count). The fourth-order valence-corrected chi connectivity index (χ4v) is 2.00. The summed E-state index contributed by atoms with van der Waals surface area (Å²) in [5.74, 6) is 0.123. The van der Waals surface area contributed by atoms with E-state index in [1.807, 2.05) is 45.9 Å². The highest BCUT2D eigenvalue weighted by atomic mass is 16.2. The lowest BCUT2D eigenvalue weighted by molar-refractivity contribution is -0.121. The van der Waals surface area contributed by atoms with Crippen molar-refractivity contribution < 1.29 is 4.79 Å². The highest BCUT2D eigenvalue weighted by Crippen LogP contribution is 2.39. The van der Waals surface area contributed by atoms with Gasteiger partial charge in [-0.3, -0.25) is 4.79 Å². The van der Waals surface area contributed by atoms with Crippen LogP contribution < -0.4 is 10.4 Å². The molecule has 1 heterocycles. The third-order valence-corrected chi connectivity index (χ3v) is 2.90. The Morgan fingerprint density at radius 3 is 2.38 bits per heavy atom. The van der Waals surface area contributed by atoms with Gasteiger partial charge in [-0.1, -0.05) is 31.4 Å². The topological polar surface area (TPSA) is 20.3 Å². The predicted octanol–water partition coefficient (Wildman–Crippen LogP) is 1.76. The summed E-state index contributed by atoms with van der Waals surface area (Å²) in [6.07, 6.45) is 0. The highest BCUT2D eigenvalue weighted by Gasteiger charge is 2.41. The summed E-state index contributed by atoms with van der Waals surface area (Å²) in [4.78, 5) is 13.6. The predicted molar refractivity (Wildman–Crippen MR) is 69.6 cm³/mol. The largest absolute Gasteiger partial charge is 0.314 e. The first-order chi connectivity index (χ1) is 7.44. The second-order valence-corrected chi connectivity index (χ2v) is 4.27. The second-order valence-electron chi connectivity index (χ2n) is 4.27. The molecule has 0 atom stereocenters. The lowest BCUT2D eigenvalue weighted by Gasteiger charge is -2.16. The van der Waals surface area contributed by atoms with E-state index in [1.54, 1.807) is 11.9 Å². The molecule has 1 aromatic rings. The van der Waals surface area contributed by atoms with E-state index in [9.17, 15) is 4.79 Å². The van der Waals surface area contributed by atoms with Crippen molar-refractivity contribution in [3.05, 3.63) is 23.8 Å². The molecule has 0 saturated carbocycles. The maximum atomic E-state index is 11.9. The Labute approximate surface area is 99.1 Å². The van der Waals surface area contributed by atoms with Crippen LogP contribution in [0.2, 0.25) is 0 Å². The van der Waals surface area contributed by atoms with E-state index in [4.69, 9.17) is 7.85 Å². The van der Waals surface area contributed by atoms with E-state index in [-0.39, 0.29) is 5.91 Å². The summed E-state index contributed by atoms with van der Waals surface area (Å²) in [6, 6.07) is 5.63. The van der Waals surface area contributed by atoms with Gasteiger partial charge in [0.05, 0.1) is 5.41 Å². The average Bonchev–Trinajstić information content (AvgIpc) is 2.43. The van der Waals surface area contributed by atoms with Crippen LogP contribution in [-0.2, 0) is 10.2 Å². The molecule has 1 aliphatic rings. The summed E-state index contributed by atoms with van der Waals surface area (Å²) in [5.41, 5.74) is 2.26. The molecule has 0 fully saturated rings. The van der Waals surface area contributed by atoms with Crippen LogP contribution in [0.1, 0.15) is 33.3 Å². The minimum absolute atomic E-state index is 0.123. The fourth-order valence-electron chi connectivity index (χ4n) is 2.00. The number of anilines is 1. The molecule has 3 heteroatoms. The number of hydrogen-bond acceptors (Lipinski definition) is 1.